The Hall–Kier alpha value is -2.67. The number of carbonyl (C=O) groups excluding carboxylic acids is 1. The molecule has 0 fully saturated rings. The Morgan fingerprint density at radius 3 is 2.81 bits per heavy atom. The van der Waals surface area contributed by atoms with E-state index in [1.807, 2.05) is 0 Å². The standard InChI is InChI=1S/C14H13N3O3S/c15-13(21)8-20-12-4-2-1-3-10(12)17-14(19)9-7-16-6-5-11(9)18/h1-7H,8H2,(H2,15,21)(H,16,18)(H,17,19). The SMILES string of the molecule is NC(=S)COc1ccccc1NC(=O)c1c[nH]ccc1=O. The highest BCUT2D eigenvalue weighted by atomic mass is 32.1. The number of aromatic nitrogens is 1. The number of H-pyrrole nitrogens is 1. The first-order chi connectivity index (χ1) is 10.1. The van der Waals surface area contributed by atoms with Gasteiger partial charge in [0.1, 0.15) is 22.9 Å². The molecule has 2 rings (SSSR count). The van der Waals surface area contributed by atoms with Crippen molar-refractivity contribution in [1.29, 1.82) is 0 Å². The number of amides is 1. The molecule has 108 valence electrons. The van der Waals surface area contributed by atoms with E-state index in [-0.39, 0.29) is 22.6 Å². The van der Waals surface area contributed by atoms with Gasteiger partial charge in [0.15, 0.2) is 5.43 Å². The van der Waals surface area contributed by atoms with Crippen LogP contribution < -0.4 is 21.2 Å². The van der Waals surface area contributed by atoms with Gasteiger partial charge in [0.2, 0.25) is 0 Å². The second kappa shape index (κ2) is 6.67. The number of para-hydroxylation sites is 2. The molecule has 0 aliphatic carbocycles. The largest absolute Gasteiger partial charge is 0.484 e. The first-order valence-corrected chi connectivity index (χ1v) is 6.47. The highest BCUT2D eigenvalue weighted by Gasteiger charge is 2.12. The Morgan fingerprint density at radius 1 is 1.33 bits per heavy atom. The van der Waals surface area contributed by atoms with E-state index in [0.29, 0.717) is 11.4 Å². The van der Waals surface area contributed by atoms with Gasteiger partial charge < -0.3 is 20.8 Å². The maximum atomic E-state index is 12.1. The third kappa shape index (κ3) is 3.90. The molecule has 2 aromatic rings. The molecule has 0 saturated heterocycles. The molecule has 4 N–H and O–H groups in total. The molecule has 1 heterocycles. The number of carbonyl (C=O) groups is 1. The van der Waals surface area contributed by atoms with Gasteiger partial charge in [-0.15, -0.1) is 0 Å². The minimum atomic E-state index is -0.525. The molecule has 0 unspecified atom stereocenters. The molecule has 1 aromatic carbocycles. The van der Waals surface area contributed by atoms with E-state index in [4.69, 9.17) is 22.7 Å². The van der Waals surface area contributed by atoms with Crippen molar-refractivity contribution in [3.63, 3.8) is 0 Å². The number of anilines is 1. The number of benzene rings is 1. The van der Waals surface area contributed by atoms with Crippen molar-refractivity contribution in [1.82, 2.24) is 4.98 Å². The lowest BCUT2D eigenvalue weighted by Crippen LogP contribution is -2.22. The second-order valence-corrected chi connectivity index (χ2v) is 4.65. The summed E-state index contributed by atoms with van der Waals surface area (Å²) in [6.07, 6.45) is 2.80. The van der Waals surface area contributed by atoms with E-state index in [0.717, 1.165) is 0 Å². The molecular formula is C14H13N3O3S. The van der Waals surface area contributed by atoms with Gasteiger partial charge in [0.25, 0.3) is 5.91 Å². The summed E-state index contributed by atoms with van der Waals surface area (Å²) >= 11 is 4.74. The quantitative estimate of drug-likeness (QED) is 0.723. The third-order valence-electron chi connectivity index (χ3n) is 2.57. The molecule has 1 amide bonds. The fraction of sp³-hybridized carbons (Fsp3) is 0.0714. The number of thiocarbonyl (C=S) groups is 1. The number of hydrogen-bond acceptors (Lipinski definition) is 4. The summed E-state index contributed by atoms with van der Waals surface area (Å²) in [4.78, 5) is 26.6. The van der Waals surface area contributed by atoms with Crippen LogP contribution in [0.5, 0.6) is 5.75 Å². The second-order valence-electron chi connectivity index (χ2n) is 4.13. The normalized spacial score (nSPS) is 9.90. The van der Waals surface area contributed by atoms with Gasteiger partial charge in [-0.1, -0.05) is 24.4 Å². The summed E-state index contributed by atoms with van der Waals surface area (Å²) < 4.78 is 5.40. The lowest BCUT2D eigenvalue weighted by molar-refractivity contribution is 0.102. The van der Waals surface area contributed by atoms with Crippen LogP contribution in [0.25, 0.3) is 0 Å². The maximum Gasteiger partial charge on any atom is 0.261 e. The predicted molar refractivity (Wildman–Crippen MR) is 83.7 cm³/mol. The number of pyridine rings is 1. The number of rotatable bonds is 5. The summed E-state index contributed by atoms with van der Waals surface area (Å²) in [6, 6.07) is 8.09. The summed E-state index contributed by atoms with van der Waals surface area (Å²) in [6.45, 7) is 0.0636. The van der Waals surface area contributed by atoms with Crippen molar-refractivity contribution in [2.45, 2.75) is 0 Å². The van der Waals surface area contributed by atoms with E-state index >= 15 is 0 Å². The minimum Gasteiger partial charge on any atom is -0.484 e. The predicted octanol–water partition coefficient (Wildman–Crippen LogP) is 1.29. The van der Waals surface area contributed by atoms with Crippen LogP contribution in [0.1, 0.15) is 10.4 Å². The van der Waals surface area contributed by atoms with Gasteiger partial charge >= 0.3 is 0 Å². The van der Waals surface area contributed by atoms with Gasteiger partial charge in [-0.3, -0.25) is 9.59 Å². The first-order valence-electron chi connectivity index (χ1n) is 6.06. The van der Waals surface area contributed by atoms with E-state index < -0.39 is 5.91 Å². The zero-order chi connectivity index (χ0) is 15.2. The van der Waals surface area contributed by atoms with Crippen molar-refractivity contribution in [2.75, 3.05) is 11.9 Å². The lowest BCUT2D eigenvalue weighted by atomic mass is 10.2. The zero-order valence-electron chi connectivity index (χ0n) is 11.0. The van der Waals surface area contributed by atoms with Gasteiger partial charge in [0.05, 0.1) is 5.69 Å². The van der Waals surface area contributed by atoms with Crippen LogP contribution in [0.4, 0.5) is 5.69 Å². The lowest BCUT2D eigenvalue weighted by Gasteiger charge is -2.11. The van der Waals surface area contributed by atoms with Crippen LogP contribution in [-0.4, -0.2) is 22.5 Å². The molecule has 0 radical (unpaired) electrons. The highest BCUT2D eigenvalue weighted by Crippen LogP contribution is 2.23. The van der Waals surface area contributed by atoms with Crippen molar-refractivity contribution in [2.24, 2.45) is 5.73 Å². The van der Waals surface area contributed by atoms with Crippen molar-refractivity contribution in [3.8, 4) is 5.75 Å². The first kappa shape index (κ1) is 14.7. The molecule has 0 atom stereocenters. The van der Waals surface area contributed by atoms with Crippen molar-refractivity contribution >= 4 is 28.8 Å². The van der Waals surface area contributed by atoms with Crippen molar-refractivity contribution < 1.29 is 9.53 Å². The Balaban J connectivity index is 2.20. The molecule has 0 spiro atoms. The van der Waals surface area contributed by atoms with Crippen LogP contribution in [-0.2, 0) is 0 Å². The topological polar surface area (TPSA) is 97.2 Å². The monoisotopic (exact) mass is 303 g/mol. The van der Waals surface area contributed by atoms with Gasteiger partial charge in [-0.05, 0) is 12.1 Å². The van der Waals surface area contributed by atoms with Crippen LogP contribution in [0.15, 0.2) is 47.5 Å². The Bertz CT molecular complexity index is 727. The third-order valence-corrected chi connectivity index (χ3v) is 2.69. The van der Waals surface area contributed by atoms with E-state index in [1.165, 1.54) is 18.5 Å². The molecule has 6 nitrogen and oxygen atoms in total. The zero-order valence-corrected chi connectivity index (χ0v) is 11.8. The average molecular weight is 303 g/mol. The molecule has 0 bridgehead atoms. The van der Waals surface area contributed by atoms with E-state index in [1.54, 1.807) is 24.3 Å². The number of nitrogens with two attached hydrogens (primary N) is 1. The summed E-state index contributed by atoms with van der Waals surface area (Å²) in [5.41, 5.74) is 5.46. The fourth-order valence-corrected chi connectivity index (χ4v) is 1.69. The van der Waals surface area contributed by atoms with Crippen LogP contribution in [0, 0.1) is 0 Å². The van der Waals surface area contributed by atoms with Crippen LogP contribution in [0.2, 0.25) is 0 Å². The molecule has 0 saturated carbocycles. The molecule has 21 heavy (non-hydrogen) atoms. The molecule has 0 aliphatic heterocycles. The number of aromatic amines is 1. The number of hydrogen-bond donors (Lipinski definition) is 3. The Morgan fingerprint density at radius 2 is 2.10 bits per heavy atom. The van der Waals surface area contributed by atoms with Crippen molar-refractivity contribution in [3.05, 3.63) is 58.5 Å². The van der Waals surface area contributed by atoms with Gasteiger partial charge in [0, 0.05) is 18.5 Å². The van der Waals surface area contributed by atoms with Crippen LogP contribution >= 0.6 is 12.2 Å². The van der Waals surface area contributed by atoms with Gasteiger partial charge in [-0.2, -0.15) is 0 Å². The van der Waals surface area contributed by atoms with E-state index in [2.05, 4.69) is 10.3 Å². The Labute approximate surface area is 125 Å². The number of nitrogens with one attached hydrogen (secondary N) is 2. The highest BCUT2D eigenvalue weighted by molar-refractivity contribution is 7.80. The maximum absolute atomic E-state index is 12.1. The molecule has 1 aromatic heterocycles. The molecule has 7 heteroatoms. The summed E-state index contributed by atoms with van der Waals surface area (Å²) in [5, 5.41) is 2.62. The molecular weight excluding hydrogens is 290 g/mol. The van der Waals surface area contributed by atoms with E-state index in [9.17, 15) is 9.59 Å². The Kier molecular flexibility index (Phi) is 4.68. The number of ether oxygens (including phenoxy) is 1. The van der Waals surface area contributed by atoms with Gasteiger partial charge in [-0.25, -0.2) is 0 Å². The average Bonchev–Trinajstić information content (AvgIpc) is 2.46. The molecule has 0 aliphatic rings. The van der Waals surface area contributed by atoms with Crippen LogP contribution in [0.3, 0.4) is 0 Å². The summed E-state index contributed by atoms with van der Waals surface area (Å²) in [7, 11) is 0. The fourth-order valence-electron chi connectivity index (χ4n) is 1.63. The smallest absolute Gasteiger partial charge is 0.261 e. The minimum absolute atomic E-state index is 0.0154. The summed E-state index contributed by atoms with van der Waals surface area (Å²) in [5.74, 6) is -0.103.